The largest absolute Gasteiger partial charge is 0.381 e. The maximum atomic E-state index is 12.9. The molecule has 1 aromatic carbocycles. The highest BCUT2D eigenvalue weighted by Crippen LogP contribution is 2.33. The molecule has 1 fully saturated rings. The van der Waals surface area contributed by atoms with Gasteiger partial charge in [0.1, 0.15) is 0 Å². The average Bonchev–Trinajstić information content (AvgIpc) is 2.59. The van der Waals surface area contributed by atoms with Crippen LogP contribution >= 0.6 is 15.9 Å². The lowest BCUT2D eigenvalue weighted by Crippen LogP contribution is -2.51. The van der Waals surface area contributed by atoms with Crippen molar-refractivity contribution >= 4 is 21.8 Å². The molecule has 146 valence electrons. The average molecular weight is 425 g/mol. The molecule has 0 saturated carbocycles. The van der Waals surface area contributed by atoms with Crippen molar-refractivity contribution < 1.29 is 9.53 Å². The highest BCUT2D eigenvalue weighted by Gasteiger charge is 2.35. The maximum absolute atomic E-state index is 12.9. The fourth-order valence-corrected chi connectivity index (χ4v) is 3.99. The third-order valence-electron chi connectivity index (χ3n) is 4.83. The number of hydrogen-bond donors (Lipinski definition) is 1. The lowest BCUT2D eigenvalue weighted by atomic mass is 9.82. The number of ether oxygens (including phenoxy) is 1. The fourth-order valence-electron chi connectivity index (χ4n) is 3.59. The number of halogens is 1. The predicted molar refractivity (Wildman–Crippen MR) is 110 cm³/mol. The maximum Gasteiger partial charge on any atom is 0.236 e. The smallest absolute Gasteiger partial charge is 0.236 e. The molecule has 0 unspecified atom stereocenters. The van der Waals surface area contributed by atoms with E-state index in [1.807, 2.05) is 11.0 Å². The number of nitrogens with zero attached hydrogens (tertiary/aromatic N) is 1. The lowest BCUT2D eigenvalue weighted by Gasteiger charge is -2.39. The van der Waals surface area contributed by atoms with Crippen molar-refractivity contribution in [2.24, 2.45) is 11.8 Å². The molecule has 1 N–H and O–H groups in total. The van der Waals surface area contributed by atoms with Crippen molar-refractivity contribution in [3.63, 3.8) is 0 Å². The number of benzene rings is 1. The number of nitrogens with one attached hydrogen (secondary N) is 1. The highest BCUT2D eigenvalue weighted by atomic mass is 79.9. The Hall–Kier alpha value is -0.910. The topological polar surface area (TPSA) is 41.6 Å². The van der Waals surface area contributed by atoms with E-state index in [-0.39, 0.29) is 11.4 Å². The van der Waals surface area contributed by atoms with Crippen LogP contribution in [0.1, 0.15) is 46.1 Å². The summed E-state index contributed by atoms with van der Waals surface area (Å²) in [7, 11) is 0. The molecule has 4 nitrogen and oxygen atoms in total. The van der Waals surface area contributed by atoms with E-state index in [9.17, 15) is 4.79 Å². The van der Waals surface area contributed by atoms with Crippen LogP contribution in [0.3, 0.4) is 0 Å². The van der Waals surface area contributed by atoms with Crippen molar-refractivity contribution in [2.45, 2.75) is 46.1 Å². The molecule has 1 amide bonds. The minimum atomic E-state index is -0.195. The zero-order valence-corrected chi connectivity index (χ0v) is 18.1. The second-order valence-corrected chi connectivity index (χ2v) is 9.06. The second-order valence-electron chi connectivity index (χ2n) is 8.14. The molecule has 0 aliphatic carbocycles. The first kappa shape index (κ1) is 21.4. The van der Waals surface area contributed by atoms with E-state index in [0.717, 1.165) is 43.6 Å². The highest BCUT2D eigenvalue weighted by molar-refractivity contribution is 9.10. The van der Waals surface area contributed by atoms with Crippen LogP contribution in [0, 0.1) is 11.8 Å². The molecule has 0 spiro atoms. The van der Waals surface area contributed by atoms with Gasteiger partial charge in [0.15, 0.2) is 0 Å². The first-order valence-electron chi connectivity index (χ1n) is 9.69. The molecule has 0 radical (unpaired) electrons. The summed E-state index contributed by atoms with van der Waals surface area (Å²) in [6, 6.07) is 8.40. The van der Waals surface area contributed by atoms with Crippen molar-refractivity contribution in [1.29, 1.82) is 0 Å². The summed E-state index contributed by atoms with van der Waals surface area (Å²) in [6.45, 7) is 12.1. The molecule has 0 bridgehead atoms. The summed E-state index contributed by atoms with van der Waals surface area (Å²) in [5, 5.41) is 3.61. The zero-order valence-electron chi connectivity index (χ0n) is 16.6. The quantitative estimate of drug-likeness (QED) is 0.679. The Morgan fingerprint density at radius 2 is 1.81 bits per heavy atom. The van der Waals surface area contributed by atoms with Crippen LogP contribution in [0.4, 0.5) is 0 Å². The molecular formula is C21H33BrN2O2. The van der Waals surface area contributed by atoms with Gasteiger partial charge in [0.25, 0.3) is 0 Å². The molecular weight excluding hydrogens is 392 g/mol. The minimum absolute atomic E-state index is 0.188. The summed E-state index contributed by atoms with van der Waals surface area (Å²) >= 11 is 3.58. The summed E-state index contributed by atoms with van der Waals surface area (Å²) in [6.07, 6.45) is 1.76. The standard InChI is InChI=1S/C21H33BrN2O2/c1-16(2)14-24(15-17(3)4)20(25)13-23-21(8-10-26-11-9-21)18-6-5-7-19(22)12-18/h5-7,12,16-17,23H,8-11,13-15H2,1-4H3. The van der Waals surface area contributed by atoms with E-state index in [2.05, 4.69) is 67.1 Å². The van der Waals surface area contributed by atoms with Gasteiger partial charge in [-0.25, -0.2) is 0 Å². The van der Waals surface area contributed by atoms with Gasteiger partial charge in [0.05, 0.1) is 6.54 Å². The van der Waals surface area contributed by atoms with Gasteiger partial charge in [-0.3, -0.25) is 10.1 Å². The molecule has 0 aromatic heterocycles. The Kier molecular flexibility index (Phi) is 8.11. The molecule has 0 atom stereocenters. The van der Waals surface area contributed by atoms with E-state index in [0.29, 0.717) is 18.4 Å². The third-order valence-corrected chi connectivity index (χ3v) is 5.32. The first-order chi connectivity index (χ1) is 12.3. The number of amides is 1. The fraction of sp³-hybridized carbons (Fsp3) is 0.667. The van der Waals surface area contributed by atoms with Gasteiger partial charge in [0, 0.05) is 36.3 Å². The van der Waals surface area contributed by atoms with Crippen LogP contribution < -0.4 is 5.32 Å². The van der Waals surface area contributed by atoms with E-state index in [1.54, 1.807) is 0 Å². The number of hydrogen-bond acceptors (Lipinski definition) is 3. The van der Waals surface area contributed by atoms with Crippen LogP contribution in [-0.4, -0.2) is 43.7 Å². The third kappa shape index (κ3) is 6.07. The van der Waals surface area contributed by atoms with Crippen molar-refractivity contribution in [2.75, 3.05) is 32.8 Å². The van der Waals surface area contributed by atoms with Crippen molar-refractivity contribution in [3.05, 3.63) is 34.3 Å². The molecule has 1 aliphatic rings. The summed E-state index contributed by atoms with van der Waals surface area (Å²) in [5.41, 5.74) is 1.03. The van der Waals surface area contributed by atoms with E-state index >= 15 is 0 Å². The van der Waals surface area contributed by atoms with Gasteiger partial charge in [-0.15, -0.1) is 0 Å². The monoisotopic (exact) mass is 424 g/mol. The molecule has 1 saturated heterocycles. The van der Waals surface area contributed by atoms with Crippen LogP contribution in [-0.2, 0) is 15.1 Å². The summed E-state index contributed by atoms with van der Waals surface area (Å²) < 4.78 is 6.65. The summed E-state index contributed by atoms with van der Waals surface area (Å²) in [5.74, 6) is 1.13. The van der Waals surface area contributed by atoms with E-state index in [1.165, 1.54) is 5.56 Å². The number of carbonyl (C=O) groups excluding carboxylic acids is 1. The molecule has 1 heterocycles. The van der Waals surface area contributed by atoms with Crippen molar-refractivity contribution in [1.82, 2.24) is 10.2 Å². The Morgan fingerprint density at radius 1 is 1.19 bits per heavy atom. The molecule has 1 aromatic rings. The zero-order chi connectivity index (χ0) is 19.2. The molecule has 5 heteroatoms. The lowest BCUT2D eigenvalue weighted by molar-refractivity contribution is -0.132. The Morgan fingerprint density at radius 3 is 2.35 bits per heavy atom. The second kappa shape index (κ2) is 9.86. The van der Waals surface area contributed by atoms with Crippen molar-refractivity contribution in [3.8, 4) is 0 Å². The Bertz CT molecular complexity index is 573. The first-order valence-corrected chi connectivity index (χ1v) is 10.5. The van der Waals surface area contributed by atoms with Gasteiger partial charge in [0.2, 0.25) is 5.91 Å². The SMILES string of the molecule is CC(C)CN(CC(C)C)C(=O)CNC1(c2cccc(Br)c2)CCOCC1. The van der Waals surface area contributed by atoms with E-state index in [4.69, 9.17) is 4.74 Å². The van der Waals surface area contributed by atoms with Gasteiger partial charge < -0.3 is 9.64 Å². The van der Waals surface area contributed by atoms with Crippen LogP contribution in [0.2, 0.25) is 0 Å². The van der Waals surface area contributed by atoms with Gasteiger partial charge in [-0.05, 0) is 42.4 Å². The summed E-state index contributed by atoms with van der Waals surface area (Å²) in [4.78, 5) is 14.9. The molecule has 2 rings (SSSR count). The van der Waals surface area contributed by atoms with Gasteiger partial charge >= 0.3 is 0 Å². The minimum Gasteiger partial charge on any atom is -0.381 e. The number of carbonyl (C=O) groups is 1. The van der Waals surface area contributed by atoms with Gasteiger partial charge in [-0.2, -0.15) is 0 Å². The molecule has 1 aliphatic heterocycles. The van der Waals surface area contributed by atoms with Crippen LogP contribution in [0.15, 0.2) is 28.7 Å². The van der Waals surface area contributed by atoms with Crippen LogP contribution in [0.5, 0.6) is 0 Å². The number of rotatable bonds is 8. The van der Waals surface area contributed by atoms with Crippen LogP contribution in [0.25, 0.3) is 0 Å². The van der Waals surface area contributed by atoms with E-state index < -0.39 is 0 Å². The van der Waals surface area contributed by atoms with Gasteiger partial charge in [-0.1, -0.05) is 55.8 Å². The Balaban J connectivity index is 2.12. The predicted octanol–water partition coefficient (Wildman–Crippen LogP) is 4.19. The Labute approximate surface area is 166 Å². The normalized spacial score (nSPS) is 16.9. The molecule has 26 heavy (non-hydrogen) atoms.